The molecule has 0 radical (unpaired) electrons. The van der Waals surface area contributed by atoms with E-state index < -0.39 is 11.9 Å². The Balaban J connectivity index is 0.000000409. The molecule has 0 aliphatic heterocycles. The van der Waals surface area contributed by atoms with Crippen molar-refractivity contribution in [2.45, 2.75) is 31.8 Å². The smallest absolute Gasteiger partial charge is 0.414 e. The number of benzene rings is 2. The normalized spacial score (nSPS) is 14.9. The van der Waals surface area contributed by atoms with Crippen LogP contribution >= 0.6 is 0 Å². The van der Waals surface area contributed by atoms with Gasteiger partial charge in [0.15, 0.2) is 0 Å². The molecule has 150 valence electrons. The lowest BCUT2D eigenvalue weighted by Gasteiger charge is -2.26. The summed E-state index contributed by atoms with van der Waals surface area (Å²) in [6.07, 6.45) is 3.63. The van der Waals surface area contributed by atoms with E-state index in [2.05, 4.69) is 41.7 Å². The molecule has 1 atom stereocenters. The van der Waals surface area contributed by atoms with Gasteiger partial charge >= 0.3 is 11.9 Å². The monoisotopic (exact) mass is 387 g/mol. The molecule has 7 heteroatoms. The molecule has 0 fully saturated rings. The number of aryl methyl sites for hydroxylation is 1. The van der Waals surface area contributed by atoms with Crippen LogP contribution in [0.4, 0.5) is 0 Å². The molecular weight excluding hydrogens is 362 g/mol. The highest BCUT2D eigenvalue weighted by Gasteiger charge is 2.19. The first-order valence-corrected chi connectivity index (χ1v) is 8.94. The summed E-state index contributed by atoms with van der Waals surface area (Å²) in [5.41, 5.74) is 4.11. The largest absolute Gasteiger partial charge is 0.497 e. The molecule has 28 heavy (non-hydrogen) atoms. The Morgan fingerprint density at radius 1 is 1.04 bits per heavy atom. The van der Waals surface area contributed by atoms with Crippen molar-refractivity contribution >= 4 is 11.9 Å². The maximum absolute atomic E-state index is 9.10. The molecule has 0 saturated heterocycles. The summed E-state index contributed by atoms with van der Waals surface area (Å²) >= 11 is 0. The third-order valence-electron chi connectivity index (χ3n) is 4.52. The molecule has 2 aromatic rings. The van der Waals surface area contributed by atoms with Gasteiger partial charge < -0.3 is 25.0 Å². The second-order valence-corrected chi connectivity index (χ2v) is 6.36. The fourth-order valence-electron chi connectivity index (χ4n) is 3.18. The summed E-state index contributed by atoms with van der Waals surface area (Å²) < 4.78 is 10.7. The van der Waals surface area contributed by atoms with Crippen molar-refractivity contribution in [1.82, 2.24) is 5.32 Å². The van der Waals surface area contributed by atoms with E-state index in [9.17, 15) is 0 Å². The number of carboxylic acids is 2. The van der Waals surface area contributed by atoms with Crippen LogP contribution in [0.25, 0.3) is 0 Å². The van der Waals surface area contributed by atoms with Crippen LogP contribution in [0.15, 0.2) is 42.5 Å². The van der Waals surface area contributed by atoms with Gasteiger partial charge in [-0.3, -0.25) is 0 Å². The van der Waals surface area contributed by atoms with E-state index >= 15 is 0 Å². The molecule has 1 aliphatic rings. The molecule has 0 heterocycles. The van der Waals surface area contributed by atoms with Gasteiger partial charge in [-0.15, -0.1) is 0 Å². The Morgan fingerprint density at radius 3 is 2.21 bits per heavy atom. The minimum atomic E-state index is -1.82. The first-order valence-electron chi connectivity index (χ1n) is 8.94. The van der Waals surface area contributed by atoms with Gasteiger partial charge in [0.25, 0.3) is 0 Å². The third kappa shape index (κ3) is 5.99. The fraction of sp³-hybridized carbons (Fsp3) is 0.333. The van der Waals surface area contributed by atoms with Crippen molar-refractivity contribution < 1.29 is 29.3 Å². The number of carboxylic acid groups (broad SMARTS) is 2. The van der Waals surface area contributed by atoms with Gasteiger partial charge in [-0.05, 0) is 48.1 Å². The minimum Gasteiger partial charge on any atom is -0.497 e. The van der Waals surface area contributed by atoms with Crippen LogP contribution in [0, 0.1) is 0 Å². The van der Waals surface area contributed by atoms with Crippen LogP contribution in [0.1, 0.15) is 35.6 Å². The van der Waals surface area contributed by atoms with Crippen LogP contribution < -0.4 is 14.8 Å². The van der Waals surface area contributed by atoms with Crippen LogP contribution in [-0.4, -0.2) is 36.4 Å². The average molecular weight is 387 g/mol. The second-order valence-electron chi connectivity index (χ2n) is 6.36. The Labute approximate surface area is 163 Å². The molecule has 0 spiro atoms. The molecule has 0 amide bonds. The van der Waals surface area contributed by atoms with Gasteiger partial charge in [-0.2, -0.15) is 0 Å². The summed E-state index contributed by atoms with van der Waals surface area (Å²) in [5, 5.41) is 18.5. The number of rotatable bonds is 5. The van der Waals surface area contributed by atoms with Crippen LogP contribution in [0.2, 0.25) is 0 Å². The maximum Gasteiger partial charge on any atom is 0.414 e. The van der Waals surface area contributed by atoms with E-state index in [-0.39, 0.29) is 0 Å². The molecule has 3 N–H and O–H groups in total. The number of carbonyl (C=O) groups is 2. The van der Waals surface area contributed by atoms with Gasteiger partial charge in [0.2, 0.25) is 0 Å². The van der Waals surface area contributed by atoms with E-state index in [0.29, 0.717) is 6.04 Å². The van der Waals surface area contributed by atoms with Crippen LogP contribution in [0.5, 0.6) is 11.5 Å². The molecule has 1 aliphatic carbocycles. The molecule has 0 aromatic heterocycles. The maximum atomic E-state index is 9.10. The minimum absolute atomic E-state index is 0.433. The first-order chi connectivity index (χ1) is 13.4. The van der Waals surface area contributed by atoms with E-state index in [4.69, 9.17) is 29.3 Å². The number of nitrogens with one attached hydrogen (secondary N) is 1. The van der Waals surface area contributed by atoms with Crippen molar-refractivity contribution in [1.29, 1.82) is 0 Å². The number of fused-ring (bicyclic) bond motifs is 1. The van der Waals surface area contributed by atoms with E-state index in [1.165, 1.54) is 36.0 Å². The first kappa shape index (κ1) is 21.2. The van der Waals surface area contributed by atoms with Crippen molar-refractivity contribution in [3.05, 3.63) is 59.2 Å². The SMILES string of the molecule is COc1cc(CNC2CCCc3ccccc32)cc(OC)c1.O=C(O)C(=O)O. The Bertz CT molecular complexity index is 786. The van der Waals surface area contributed by atoms with Gasteiger partial charge in [0.05, 0.1) is 14.2 Å². The summed E-state index contributed by atoms with van der Waals surface area (Å²) in [6.45, 7) is 0.812. The van der Waals surface area contributed by atoms with E-state index in [1.54, 1.807) is 14.2 Å². The zero-order chi connectivity index (χ0) is 20.5. The van der Waals surface area contributed by atoms with Gasteiger partial charge in [0, 0.05) is 18.7 Å². The number of hydrogen-bond donors (Lipinski definition) is 3. The number of hydrogen-bond acceptors (Lipinski definition) is 5. The molecule has 7 nitrogen and oxygen atoms in total. The summed E-state index contributed by atoms with van der Waals surface area (Å²) in [7, 11) is 3.37. The Morgan fingerprint density at radius 2 is 1.64 bits per heavy atom. The zero-order valence-electron chi connectivity index (χ0n) is 16.0. The topological polar surface area (TPSA) is 105 Å². The highest BCUT2D eigenvalue weighted by atomic mass is 16.5. The highest BCUT2D eigenvalue weighted by molar-refractivity contribution is 6.27. The summed E-state index contributed by atoms with van der Waals surface area (Å²) in [5.74, 6) is -1.98. The average Bonchev–Trinajstić information content (AvgIpc) is 2.72. The van der Waals surface area contributed by atoms with E-state index in [0.717, 1.165) is 18.0 Å². The van der Waals surface area contributed by atoms with Gasteiger partial charge in [-0.1, -0.05) is 24.3 Å². The van der Waals surface area contributed by atoms with Crippen molar-refractivity contribution in [2.75, 3.05) is 14.2 Å². The number of ether oxygens (including phenoxy) is 2. The zero-order valence-corrected chi connectivity index (χ0v) is 16.0. The third-order valence-corrected chi connectivity index (χ3v) is 4.52. The molecule has 2 aromatic carbocycles. The van der Waals surface area contributed by atoms with Crippen molar-refractivity contribution in [2.24, 2.45) is 0 Å². The molecule has 0 saturated carbocycles. The molecule has 3 rings (SSSR count). The molecule has 1 unspecified atom stereocenters. The van der Waals surface area contributed by atoms with Crippen molar-refractivity contribution in [3.63, 3.8) is 0 Å². The molecule has 0 bridgehead atoms. The van der Waals surface area contributed by atoms with Gasteiger partial charge in [0.1, 0.15) is 11.5 Å². The van der Waals surface area contributed by atoms with Crippen LogP contribution in [0.3, 0.4) is 0 Å². The fourth-order valence-corrected chi connectivity index (χ4v) is 3.18. The van der Waals surface area contributed by atoms with Crippen LogP contribution in [-0.2, 0) is 22.6 Å². The standard InChI is InChI=1S/C19H23NO2.C2H2O4/c1-21-16-10-14(11-17(12-16)22-2)13-20-19-9-5-7-15-6-3-4-8-18(15)19;3-1(4)2(5)6/h3-4,6,8,10-12,19-20H,5,7,9,13H2,1-2H3;(H,3,4)(H,5,6). The number of aliphatic carboxylic acids is 2. The lowest BCUT2D eigenvalue weighted by molar-refractivity contribution is -0.159. The van der Waals surface area contributed by atoms with Gasteiger partial charge in [-0.25, -0.2) is 9.59 Å². The second kappa shape index (κ2) is 10.3. The quantitative estimate of drug-likeness (QED) is 0.677. The highest BCUT2D eigenvalue weighted by Crippen LogP contribution is 2.30. The lowest BCUT2D eigenvalue weighted by atomic mass is 9.87. The Kier molecular flexibility index (Phi) is 7.83. The predicted molar refractivity (Wildman–Crippen MR) is 104 cm³/mol. The van der Waals surface area contributed by atoms with Crippen molar-refractivity contribution in [3.8, 4) is 11.5 Å². The predicted octanol–water partition coefficient (Wildman–Crippen LogP) is 3.03. The Hall–Kier alpha value is -3.06. The number of methoxy groups -OCH3 is 2. The summed E-state index contributed by atoms with van der Waals surface area (Å²) in [4.78, 5) is 18.2. The molecular formula is C21H25NO6. The lowest BCUT2D eigenvalue weighted by Crippen LogP contribution is -2.24. The van der Waals surface area contributed by atoms with E-state index in [1.807, 2.05) is 6.07 Å². The summed E-state index contributed by atoms with van der Waals surface area (Å²) in [6, 6.07) is 15.2.